The van der Waals surface area contributed by atoms with Crippen LogP contribution in [0.15, 0.2) is 18.5 Å². The number of aryl methyl sites for hydroxylation is 3. The SMILES string of the molecule is Cc1nn(C)c(C)c1C(=O)/C=C\c1cnn(C)c1. The molecule has 18 heavy (non-hydrogen) atoms. The lowest BCUT2D eigenvalue weighted by molar-refractivity contribution is 0.104. The van der Waals surface area contributed by atoms with Gasteiger partial charge in [0.2, 0.25) is 0 Å². The zero-order valence-electron chi connectivity index (χ0n) is 11.0. The molecule has 0 bridgehead atoms. The van der Waals surface area contributed by atoms with Gasteiger partial charge in [0.05, 0.1) is 17.5 Å². The predicted octanol–water partition coefficient (Wildman–Crippen LogP) is 1.67. The highest BCUT2D eigenvalue weighted by atomic mass is 16.1. The Bertz CT molecular complexity index is 619. The minimum absolute atomic E-state index is 0.0260. The Balaban J connectivity index is 2.25. The molecule has 0 radical (unpaired) electrons. The van der Waals surface area contributed by atoms with E-state index >= 15 is 0 Å². The number of ketones is 1. The molecule has 0 aliphatic carbocycles. The van der Waals surface area contributed by atoms with Crippen LogP contribution in [0.25, 0.3) is 6.08 Å². The average molecular weight is 244 g/mol. The highest BCUT2D eigenvalue weighted by Crippen LogP contribution is 2.13. The number of hydrogen-bond donors (Lipinski definition) is 0. The second kappa shape index (κ2) is 4.60. The monoisotopic (exact) mass is 244 g/mol. The molecule has 0 aromatic carbocycles. The fourth-order valence-corrected chi connectivity index (χ4v) is 1.91. The van der Waals surface area contributed by atoms with E-state index in [1.54, 1.807) is 27.7 Å². The first-order valence-corrected chi connectivity index (χ1v) is 5.70. The van der Waals surface area contributed by atoms with Gasteiger partial charge in [-0.25, -0.2) is 0 Å². The topological polar surface area (TPSA) is 52.7 Å². The van der Waals surface area contributed by atoms with Gasteiger partial charge in [-0.2, -0.15) is 10.2 Å². The van der Waals surface area contributed by atoms with E-state index in [2.05, 4.69) is 10.2 Å². The van der Waals surface area contributed by atoms with Gasteiger partial charge in [-0.3, -0.25) is 14.2 Å². The third-order valence-corrected chi connectivity index (χ3v) is 2.91. The summed E-state index contributed by atoms with van der Waals surface area (Å²) in [6.07, 6.45) is 6.90. The molecule has 2 heterocycles. The standard InChI is InChI=1S/C13H16N4O/c1-9-13(10(2)17(4)15-9)12(18)6-5-11-7-14-16(3)8-11/h5-8H,1-4H3/b6-5-. The van der Waals surface area contributed by atoms with Gasteiger partial charge in [-0.05, 0) is 26.0 Å². The largest absolute Gasteiger partial charge is 0.289 e. The molecule has 0 aliphatic rings. The van der Waals surface area contributed by atoms with Gasteiger partial charge in [-0.1, -0.05) is 0 Å². The normalized spacial score (nSPS) is 11.3. The lowest BCUT2D eigenvalue weighted by Gasteiger charge is -1.96. The second-order valence-electron chi connectivity index (χ2n) is 4.31. The van der Waals surface area contributed by atoms with E-state index in [1.165, 1.54) is 0 Å². The van der Waals surface area contributed by atoms with Gasteiger partial charge in [0.1, 0.15) is 0 Å². The molecule has 2 aromatic heterocycles. The molecule has 0 atom stereocenters. The second-order valence-corrected chi connectivity index (χ2v) is 4.31. The molecule has 0 amide bonds. The summed E-state index contributed by atoms with van der Waals surface area (Å²) in [6.45, 7) is 3.74. The maximum absolute atomic E-state index is 12.1. The lowest BCUT2D eigenvalue weighted by atomic mass is 10.1. The molecule has 5 nitrogen and oxygen atoms in total. The van der Waals surface area contributed by atoms with Crippen LogP contribution in [0.4, 0.5) is 0 Å². The van der Waals surface area contributed by atoms with Crippen LogP contribution >= 0.6 is 0 Å². The molecule has 0 fully saturated rings. The summed E-state index contributed by atoms with van der Waals surface area (Å²) in [5.41, 5.74) is 3.23. The van der Waals surface area contributed by atoms with Gasteiger partial charge in [0, 0.05) is 31.5 Å². The number of allylic oxidation sites excluding steroid dienone is 1. The van der Waals surface area contributed by atoms with Gasteiger partial charge in [-0.15, -0.1) is 0 Å². The maximum Gasteiger partial charge on any atom is 0.189 e. The molecular formula is C13H16N4O. The Kier molecular flexibility index (Phi) is 3.14. The van der Waals surface area contributed by atoms with Crippen LogP contribution < -0.4 is 0 Å². The third kappa shape index (κ3) is 2.25. The fraction of sp³-hybridized carbons (Fsp3) is 0.308. The van der Waals surface area contributed by atoms with Crippen molar-refractivity contribution in [3.05, 3.63) is 41.0 Å². The number of carbonyl (C=O) groups is 1. The van der Waals surface area contributed by atoms with Crippen molar-refractivity contribution in [2.24, 2.45) is 14.1 Å². The minimum Gasteiger partial charge on any atom is -0.289 e. The Morgan fingerprint density at radius 1 is 1.33 bits per heavy atom. The Morgan fingerprint density at radius 2 is 2.06 bits per heavy atom. The maximum atomic E-state index is 12.1. The summed E-state index contributed by atoms with van der Waals surface area (Å²) < 4.78 is 3.42. The highest BCUT2D eigenvalue weighted by Gasteiger charge is 2.14. The van der Waals surface area contributed by atoms with Crippen molar-refractivity contribution >= 4 is 11.9 Å². The van der Waals surface area contributed by atoms with Gasteiger partial charge in [0.15, 0.2) is 5.78 Å². The third-order valence-electron chi connectivity index (χ3n) is 2.91. The van der Waals surface area contributed by atoms with Crippen LogP contribution in [-0.4, -0.2) is 25.3 Å². The molecule has 0 aliphatic heterocycles. The molecular weight excluding hydrogens is 228 g/mol. The molecule has 0 N–H and O–H groups in total. The summed E-state index contributed by atoms with van der Waals surface area (Å²) in [4.78, 5) is 12.1. The minimum atomic E-state index is -0.0260. The Morgan fingerprint density at radius 3 is 2.56 bits per heavy atom. The highest BCUT2D eigenvalue weighted by molar-refractivity contribution is 6.08. The molecule has 0 saturated heterocycles. The summed E-state index contributed by atoms with van der Waals surface area (Å²) in [7, 11) is 3.68. The van der Waals surface area contributed by atoms with Crippen LogP contribution in [0, 0.1) is 13.8 Å². The van der Waals surface area contributed by atoms with Crippen LogP contribution in [0.5, 0.6) is 0 Å². The van der Waals surface area contributed by atoms with Gasteiger partial charge in [0.25, 0.3) is 0 Å². The molecule has 0 spiro atoms. The summed E-state index contributed by atoms with van der Waals surface area (Å²) in [5.74, 6) is -0.0260. The molecule has 0 saturated carbocycles. The first-order valence-electron chi connectivity index (χ1n) is 5.70. The van der Waals surface area contributed by atoms with Crippen molar-refractivity contribution in [2.45, 2.75) is 13.8 Å². The number of rotatable bonds is 3. The van der Waals surface area contributed by atoms with E-state index in [1.807, 2.05) is 34.1 Å². The van der Waals surface area contributed by atoms with Crippen LogP contribution in [-0.2, 0) is 14.1 Å². The van der Waals surface area contributed by atoms with Crippen LogP contribution in [0.2, 0.25) is 0 Å². The first-order chi connectivity index (χ1) is 8.49. The summed E-state index contributed by atoms with van der Waals surface area (Å²) >= 11 is 0. The Hall–Kier alpha value is -2.17. The number of carbonyl (C=O) groups excluding carboxylic acids is 1. The van der Waals surface area contributed by atoms with Gasteiger partial charge < -0.3 is 0 Å². The zero-order valence-corrected chi connectivity index (χ0v) is 11.0. The van der Waals surface area contributed by atoms with E-state index in [0.717, 1.165) is 17.0 Å². The van der Waals surface area contributed by atoms with Crippen molar-refractivity contribution in [3.63, 3.8) is 0 Å². The fourth-order valence-electron chi connectivity index (χ4n) is 1.91. The van der Waals surface area contributed by atoms with Crippen molar-refractivity contribution in [1.82, 2.24) is 19.6 Å². The van der Waals surface area contributed by atoms with E-state index in [-0.39, 0.29) is 5.78 Å². The number of nitrogens with zero attached hydrogens (tertiary/aromatic N) is 4. The first kappa shape index (κ1) is 12.3. The van der Waals surface area contributed by atoms with E-state index in [4.69, 9.17) is 0 Å². The zero-order chi connectivity index (χ0) is 13.3. The number of hydrogen-bond acceptors (Lipinski definition) is 3. The Labute approximate surface area is 106 Å². The lowest BCUT2D eigenvalue weighted by Crippen LogP contribution is -1.99. The van der Waals surface area contributed by atoms with E-state index in [9.17, 15) is 4.79 Å². The van der Waals surface area contributed by atoms with E-state index < -0.39 is 0 Å². The summed E-state index contributed by atoms with van der Waals surface area (Å²) in [6, 6.07) is 0. The van der Waals surface area contributed by atoms with Gasteiger partial charge >= 0.3 is 0 Å². The molecule has 94 valence electrons. The van der Waals surface area contributed by atoms with Crippen LogP contribution in [0.3, 0.4) is 0 Å². The van der Waals surface area contributed by atoms with Crippen molar-refractivity contribution < 1.29 is 4.79 Å². The molecule has 0 unspecified atom stereocenters. The molecule has 2 rings (SSSR count). The quantitative estimate of drug-likeness (QED) is 0.609. The average Bonchev–Trinajstić information content (AvgIpc) is 2.82. The van der Waals surface area contributed by atoms with Crippen molar-refractivity contribution in [3.8, 4) is 0 Å². The molecule has 5 heteroatoms. The van der Waals surface area contributed by atoms with Crippen molar-refractivity contribution in [2.75, 3.05) is 0 Å². The summed E-state index contributed by atoms with van der Waals surface area (Å²) in [5, 5.41) is 8.28. The van der Waals surface area contributed by atoms with Crippen LogP contribution in [0.1, 0.15) is 27.3 Å². The predicted molar refractivity (Wildman–Crippen MR) is 69.3 cm³/mol. The van der Waals surface area contributed by atoms with Crippen molar-refractivity contribution in [1.29, 1.82) is 0 Å². The van der Waals surface area contributed by atoms with E-state index in [0.29, 0.717) is 5.56 Å². The molecule has 2 aromatic rings. The number of aromatic nitrogens is 4. The smallest absolute Gasteiger partial charge is 0.189 e.